The molecule has 0 heterocycles. The summed E-state index contributed by atoms with van der Waals surface area (Å²) in [6, 6.07) is 57.6. The van der Waals surface area contributed by atoms with Crippen molar-refractivity contribution >= 4 is 43.1 Å². The minimum absolute atomic E-state index is 1.23. The lowest BCUT2D eigenvalue weighted by Gasteiger charge is -2.19. The normalized spacial score (nSPS) is 11.5. The molecule has 0 aliphatic rings. The van der Waals surface area contributed by atoms with Gasteiger partial charge in [0, 0.05) is 0 Å². The Kier molecular flexibility index (Phi) is 5.24. The Morgan fingerprint density at radius 3 is 1.65 bits per heavy atom. The lowest BCUT2D eigenvalue weighted by atomic mass is 9.83. The molecule has 0 unspecified atom stereocenters. The van der Waals surface area contributed by atoms with Crippen LogP contribution < -0.4 is 0 Å². The van der Waals surface area contributed by atoms with Crippen LogP contribution in [-0.2, 0) is 0 Å². The number of hydrogen-bond acceptors (Lipinski definition) is 0. The lowest BCUT2D eigenvalue weighted by molar-refractivity contribution is 1.63. The van der Waals surface area contributed by atoms with E-state index in [0.717, 1.165) is 0 Å². The largest absolute Gasteiger partial charge is 0.0622 e. The number of benzene rings is 8. The molecule has 0 atom stereocenters. The Hall–Kier alpha value is -5.20. The maximum atomic E-state index is 2.37. The van der Waals surface area contributed by atoms with Crippen LogP contribution in [0, 0.1) is 0 Å². The quantitative estimate of drug-likeness (QED) is 0.165. The summed E-state index contributed by atoms with van der Waals surface area (Å²) in [6.45, 7) is 0. The minimum atomic E-state index is 1.23. The molecule has 8 aromatic carbocycles. The van der Waals surface area contributed by atoms with Crippen molar-refractivity contribution in [2.24, 2.45) is 0 Å². The van der Waals surface area contributed by atoms with Gasteiger partial charge in [-0.25, -0.2) is 0 Å². The van der Waals surface area contributed by atoms with Gasteiger partial charge in [0.1, 0.15) is 0 Å². The highest BCUT2D eigenvalue weighted by Crippen LogP contribution is 2.46. The summed E-state index contributed by atoms with van der Waals surface area (Å²) in [7, 11) is 0. The Bertz CT molecular complexity index is 2200. The molecule has 0 saturated heterocycles. The van der Waals surface area contributed by atoms with Crippen molar-refractivity contribution in [2.45, 2.75) is 0 Å². The van der Waals surface area contributed by atoms with Gasteiger partial charge in [0.2, 0.25) is 0 Å². The molecular weight excluding hydrogens is 480 g/mol. The van der Waals surface area contributed by atoms with Crippen LogP contribution in [0.4, 0.5) is 0 Å². The molecule has 0 aliphatic heterocycles. The highest BCUT2D eigenvalue weighted by molar-refractivity contribution is 6.27. The smallest absolute Gasteiger partial charge is 0.00141 e. The van der Waals surface area contributed by atoms with Gasteiger partial charge in [0.05, 0.1) is 0 Å². The minimum Gasteiger partial charge on any atom is -0.0622 e. The van der Waals surface area contributed by atoms with E-state index in [1.807, 2.05) is 0 Å². The molecule has 40 heavy (non-hydrogen) atoms. The number of fused-ring (bicyclic) bond motifs is 5. The van der Waals surface area contributed by atoms with Crippen molar-refractivity contribution in [1.29, 1.82) is 0 Å². The van der Waals surface area contributed by atoms with Gasteiger partial charge in [-0.2, -0.15) is 0 Å². The van der Waals surface area contributed by atoms with Crippen LogP contribution in [0.15, 0.2) is 158 Å². The van der Waals surface area contributed by atoms with E-state index in [4.69, 9.17) is 0 Å². The fourth-order valence-electron chi connectivity index (χ4n) is 6.39. The topological polar surface area (TPSA) is 0 Å². The highest BCUT2D eigenvalue weighted by Gasteiger charge is 2.18. The molecule has 0 aromatic heterocycles. The third-order valence-electron chi connectivity index (χ3n) is 8.21. The van der Waals surface area contributed by atoms with Gasteiger partial charge in [-0.15, -0.1) is 0 Å². The summed E-state index contributed by atoms with van der Waals surface area (Å²) in [5.41, 5.74) is 7.54. The molecule has 0 N–H and O–H groups in total. The fourth-order valence-corrected chi connectivity index (χ4v) is 6.39. The molecule has 0 fully saturated rings. The van der Waals surface area contributed by atoms with Crippen LogP contribution >= 0.6 is 0 Å². The standard InChI is InChI=1S/C40H26/c1-2-13-29(14-3-1)38-35-19-8-9-20-36(35)39(40-34-18-7-6-12-28(34)23-24-37(38)40)33-17-10-16-31(26-33)32-22-21-27-11-4-5-15-30(27)25-32/h1-26H. The van der Waals surface area contributed by atoms with Crippen LogP contribution in [0.5, 0.6) is 0 Å². The van der Waals surface area contributed by atoms with Crippen molar-refractivity contribution < 1.29 is 0 Å². The molecule has 0 saturated carbocycles. The first-order valence-corrected chi connectivity index (χ1v) is 13.9. The summed E-state index contributed by atoms with van der Waals surface area (Å²) >= 11 is 0. The van der Waals surface area contributed by atoms with Crippen molar-refractivity contribution in [3.8, 4) is 33.4 Å². The Labute approximate surface area is 233 Å². The molecule has 0 heteroatoms. The number of hydrogen-bond donors (Lipinski definition) is 0. The monoisotopic (exact) mass is 506 g/mol. The first-order valence-electron chi connectivity index (χ1n) is 13.9. The zero-order valence-corrected chi connectivity index (χ0v) is 22.0. The van der Waals surface area contributed by atoms with E-state index < -0.39 is 0 Å². The van der Waals surface area contributed by atoms with E-state index in [-0.39, 0.29) is 0 Å². The average Bonchev–Trinajstić information content (AvgIpc) is 3.03. The molecule has 0 nitrogen and oxygen atoms in total. The summed E-state index contributed by atoms with van der Waals surface area (Å²) in [5, 5.41) is 10.2. The lowest BCUT2D eigenvalue weighted by Crippen LogP contribution is -1.92. The molecular formula is C40H26. The summed E-state index contributed by atoms with van der Waals surface area (Å²) < 4.78 is 0. The van der Waals surface area contributed by atoms with Crippen LogP contribution in [0.25, 0.3) is 76.5 Å². The number of rotatable bonds is 3. The predicted octanol–water partition coefficient (Wildman–Crippen LogP) is 11.3. The van der Waals surface area contributed by atoms with E-state index in [0.29, 0.717) is 0 Å². The second kappa shape index (κ2) is 9.22. The van der Waals surface area contributed by atoms with Gasteiger partial charge < -0.3 is 0 Å². The van der Waals surface area contributed by atoms with Crippen LogP contribution in [-0.4, -0.2) is 0 Å². The van der Waals surface area contributed by atoms with Crippen LogP contribution in [0.1, 0.15) is 0 Å². The first-order chi connectivity index (χ1) is 19.8. The van der Waals surface area contributed by atoms with E-state index in [1.165, 1.54) is 76.5 Å². The van der Waals surface area contributed by atoms with Crippen LogP contribution in [0.3, 0.4) is 0 Å². The van der Waals surface area contributed by atoms with Crippen molar-refractivity contribution in [3.05, 3.63) is 158 Å². The SMILES string of the molecule is c1ccc(-c2c3ccccc3c(-c3cccc(-c4ccc5ccccc5c4)c3)c3c2ccc2ccccc23)cc1. The van der Waals surface area contributed by atoms with Gasteiger partial charge in [-0.3, -0.25) is 0 Å². The Balaban J connectivity index is 1.49. The highest BCUT2D eigenvalue weighted by atomic mass is 14.2. The van der Waals surface area contributed by atoms with Crippen molar-refractivity contribution in [2.75, 3.05) is 0 Å². The summed E-state index contributed by atoms with van der Waals surface area (Å²) in [4.78, 5) is 0. The molecule has 186 valence electrons. The van der Waals surface area contributed by atoms with Gasteiger partial charge in [-0.05, 0) is 88.6 Å². The van der Waals surface area contributed by atoms with Crippen LogP contribution in [0.2, 0.25) is 0 Å². The van der Waals surface area contributed by atoms with Gasteiger partial charge in [-0.1, -0.05) is 146 Å². The second-order valence-corrected chi connectivity index (χ2v) is 10.5. The molecule has 0 aliphatic carbocycles. The predicted molar refractivity (Wildman–Crippen MR) is 173 cm³/mol. The summed E-state index contributed by atoms with van der Waals surface area (Å²) in [6.07, 6.45) is 0. The third-order valence-corrected chi connectivity index (χ3v) is 8.21. The summed E-state index contributed by atoms with van der Waals surface area (Å²) in [5.74, 6) is 0. The first kappa shape index (κ1) is 22.8. The van der Waals surface area contributed by atoms with E-state index in [9.17, 15) is 0 Å². The molecule has 8 aromatic rings. The Morgan fingerprint density at radius 1 is 0.250 bits per heavy atom. The van der Waals surface area contributed by atoms with E-state index in [2.05, 4.69) is 158 Å². The molecule has 0 radical (unpaired) electrons. The van der Waals surface area contributed by atoms with Crippen molar-refractivity contribution in [3.63, 3.8) is 0 Å². The molecule has 0 bridgehead atoms. The van der Waals surface area contributed by atoms with Crippen molar-refractivity contribution in [1.82, 2.24) is 0 Å². The van der Waals surface area contributed by atoms with E-state index in [1.54, 1.807) is 0 Å². The van der Waals surface area contributed by atoms with Gasteiger partial charge >= 0.3 is 0 Å². The zero-order valence-electron chi connectivity index (χ0n) is 22.0. The molecule has 0 spiro atoms. The molecule has 8 rings (SSSR count). The van der Waals surface area contributed by atoms with E-state index >= 15 is 0 Å². The zero-order chi connectivity index (χ0) is 26.5. The second-order valence-electron chi connectivity index (χ2n) is 10.5. The van der Waals surface area contributed by atoms with Gasteiger partial charge in [0.25, 0.3) is 0 Å². The fraction of sp³-hybridized carbons (Fsp3) is 0. The molecule has 0 amide bonds. The average molecular weight is 507 g/mol. The van der Waals surface area contributed by atoms with Gasteiger partial charge in [0.15, 0.2) is 0 Å². The maximum absolute atomic E-state index is 2.37. The maximum Gasteiger partial charge on any atom is -0.00141 e. The Morgan fingerprint density at radius 2 is 0.825 bits per heavy atom. The third kappa shape index (κ3) is 3.61.